The molecule has 1 atom stereocenters. The van der Waals surface area contributed by atoms with E-state index < -0.39 is 11.8 Å². The molecule has 3 heterocycles. The number of nitrogen functional groups attached to an aromatic ring is 1. The minimum atomic E-state index is -0.746. The number of ether oxygens (including phenoxy) is 1. The maximum Gasteiger partial charge on any atom is 0.314 e. The number of nitrogens with one attached hydrogen (secondary N) is 2. The van der Waals surface area contributed by atoms with Crippen LogP contribution in [0, 0.1) is 0 Å². The van der Waals surface area contributed by atoms with Gasteiger partial charge in [0.2, 0.25) is 0 Å². The fourth-order valence-corrected chi connectivity index (χ4v) is 3.59. The van der Waals surface area contributed by atoms with E-state index in [9.17, 15) is 9.59 Å². The molecule has 2 aromatic heterocycles. The van der Waals surface area contributed by atoms with Gasteiger partial charge in [-0.15, -0.1) is 0 Å². The Morgan fingerprint density at radius 1 is 1.23 bits per heavy atom. The number of carbonyl (C=O) groups excluding carboxylic acids is 2. The average Bonchev–Trinajstić information content (AvgIpc) is 3.27. The summed E-state index contributed by atoms with van der Waals surface area (Å²) in [6, 6.07) is 9.58. The molecule has 0 bridgehead atoms. The molecule has 1 saturated heterocycles. The molecule has 1 aliphatic rings. The molecule has 156 valence electrons. The second-order valence-electron chi connectivity index (χ2n) is 7.33. The number of amides is 2. The Morgan fingerprint density at radius 3 is 2.83 bits per heavy atom. The van der Waals surface area contributed by atoms with Crippen molar-refractivity contribution in [3.63, 3.8) is 0 Å². The largest absolute Gasteiger partial charge is 0.383 e. The highest BCUT2D eigenvalue weighted by Crippen LogP contribution is 2.24. The predicted molar refractivity (Wildman–Crippen MR) is 112 cm³/mol. The summed E-state index contributed by atoms with van der Waals surface area (Å²) in [5.41, 5.74) is 7.64. The number of benzene rings is 1. The molecular weight excluding hydrogens is 384 g/mol. The summed E-state index contributed by atoms with van der Waals surface area (Å²) in [4.78, 5) is 31.4. The SMILES string of the molecule is Nc1ncc(NC(=O)C(=O)N(Cc2ccccc2)CC2CCCCO2)c2[nH]ncc12. The van der Waals surface area contributed by atoms with Crippen molar-refractivity contribution in [1.82, 2.24) is 20.1 Å². The molecule has 0 saturated carbocycles. The van der Waals surface area contributed by atoms with E-state index in [0.29, 0.717) is 42.1 Å². The van der Waals surface area contributed by atoms with E-state index in [-0.39, 0.29) is 6.10 Å². The van der Waals surface area contributed by atoms with Gasteiger partial charge in [0, 0.05) is 19.7 Å². The average molecular weight is 408 g/mol. The Bertz CT molecular complexity index is 1030. The number of fused-ring (bicyclic) bond motifs is 1. The van der Waals surface area contributed by atoms with Crippen LogP contribution >= 0.6 is 0 Å². The fourth-order valence-electron chi connectivity index (χ4n) is 3.59. The Labute approximate surface area is 173 Å². The zero-order valence-corrected chi connectivity index (χ0v) is 16.5. The molecule has 4 N–H and O–H groups in total. The van der Waals surface area contributed by atoms with Crippen molar-refractivity contribution in [3.05, 3.63) is 48.3 Å². The number of carbonyl (C=O) groups is 2. The van der Waals surface area contributed by atoms with Gasteiger partial charge in [-0.3, -0.25) is 14.7 Å². The van der Waals surface area contributed by atoms with Crippen molar-refractivity contribution in [2.45, 2.75) is 31.9 Å². The number of anilines is 2. The molecule has 1 fully saturated rings. The van der Waals surface area contributed by atoms with Crippen molar-refractivity contribution in [2.24, 2.45) is 0 Å². The third-order valence-corrected chi connectivity index (χ3v) is 5.16. The van der Waals surface area contributed by atoms with Gasteiger partial charge in [0.25, 0.3) is 0 Å². The molecule has 0 radical (unpaired) electrons. The summed E-state index contributed by atoms with van der Waals surface area (Å²) in [7, 11) is 0. The zero-order chi connectivity index (χ0) is 20.9. The van der Waals surface area contributed by atoms with E-state index in [1.165, 1.54) is 17.3 Å². The van der Waals surface area contributed by atoms with Crippen molar-refractivity contribution in [3.8, 4) is 0 Å². The van der Waals surface area contributed by atoms with Crippen LogP contribution in [-0.4, -0.2) is 51.2 Å². The van der Waals surface area contributed by atoms with Crippen molar-refractivity contribution >= 4 is 34.2 Å². The number of nitrogens with zero attached hydrogens (tertiary/aromatic N) is 3. The quantitative estimate of drug-likeness (QED) is 0.555. The molecule has 9 nitrogen and oxygen atoms in total. The number of nitrogens with two attached hydrogens (primary N) is 1. The molecule has 3 aromatic rings. The first kappa shape index (κ1) is 19.8. The number of aromatic amines is 1. The van der Waals surface area contributed by atoms with Crippen LogP contribution in [0.5, 0.6) is 0 Å². The summed E-state index contributed by atoms with van der Waals surface area (Å²) in [6.45, 7) is 1.37. The van der Waals surface area contributed by atoms with Crippen LogP contribution in [0.4, 0.5) is 11.5 Å². The van der Waals surface area contributed by atoms with Crippen LogP contribution in [0.15, 0.2) is 42.7 Å². The molecule has 30 heavy (non-hydrogen) atoms. The van der Waals surface area contributed by atoms with Gasteiger partial charge < -0.3 is 20.7 Å². The lowest BCUT2D eigenvalue weighted by atomic mass is 10.1. The van der Waals surface area contributed by atoms with Gasteiger partial charge in [-0.1, -0.05) is 30.3 Å². The Hall–Kier alpha value is -3.46. The van der Waals surface area contributed by atoms with Crippen molar-refractivity contribution < 1.29 is 14.3 Å². The summed E-state index contributed by atoms with van der Waals surface area (Å²) in [6.07, 6.45) is 5.81. The van der Waals surface area contributed by atoms with Gasteiger partial charge in [-0.05, 0) is 24.8 Å². The van der Waals surface area contributed by atoms with Crippen LogP contribution in [0.1, 0.15) is 24.8 Å². The molecule has 1 aliphatic heterocycles. The Kier molecular flexibility index (Phi) is 5.89. The first-order valence-corrected chi connectivity index (χ1v) is 9.95. The number of hydrogen-bond donors (Lipinski definition) is 3. The third kappa shape index (κ3) is 4.41. The summed E-state index contributed by atoms with van der Waals surface area (Å²) < 4.78 is 5.79. The van der Waals surface area contributed by atoms with Gasteiger partial charge >= 0.3 is 11.8 Å². The lowest BCUT2D eigenvalue weighted by molar-refractivity contribution is -0.145. The Morgan fingerprint density at radius 2 is 2.07 bits per heavy atom. The van der Waals surface area contributed by atoms with E-state index in [2.05, 4.69) is 20.5 Å². The van der Waals surface area contributed by atoms with E-state index in [4.69, 9.17) is 10.5 Å². The second kappa shape index (κ2) is 8.91. The maximum atomic E-state index is 13.1. The highest BCUT2D eigenvalue weighted by Gasteiger charge is 2.27. The van der Waals surface area contributed by atoms with Gasteiger partial charge in [0.15, 0.2) is 0 Å². The highest BCUT2D eigenvalue weighted by molar-refractivity contribution is 6.40. The molecule has 0 spiro atoms. The monoisotopic (exact) mass is 408 g/mol. The third-order valence-electron chi connectivity index (χ3n) is 5.16. The van der Waals surface area contributed by atoms with Crippen molar-refractivity contribution in [1.29, 1.82) is 0 Å². The number of hydrogen-bond acceptors (Lipinski definition) is 6. The van der Waals surface area contributed by atoms with Crippen LogP contribution in [0.25, 0.3) is 10.9 Å². The molecule has 0 aliphatic carbocycles. The van der Waals surface area contributed by atoms with Gasteiger partial charge in [-0.2, -0.15) is 5.10 Å². The highest BCUT2D eigenvalue weighted by atomic mass is 16.5. The smallest absolute Gasteiger partial charge is 0.314 e. The second-order valence-corrected chi connectivity index (χ2v) is 7.33. The minimum absolute atomic E-state index is 0.0725. The van der Waals surface area contributed by atoms with Crippen molar-refractivity contribution in [2.75, 3.05) is 24.2 Å². The molecule has 9 heteroatoms. The first-order chi connectivity index (χ1) is 14.6. The molecular formula is C21H24N6O3. The lowest BCUT2D eigenvalue weighted by Crippen LogP contribution is -2.44. The van der Waals surface area contributed by atoms with E-state index in [0.717, 1.165) is 24.8 Å². The van der Waals surface area contributed by atoms with E-state index >= 15 is 0 Å². The molecule has 2 amide bonds. The predicted octanol–water partition coefficient (Wildman–Crippen LogP) is 2.08. The topological polar surface area (TPSA) is 126 Å². The van der Waals surface area contributed by atoms with Crippen LogP contribution in [0.3, 0.4) is 0 Å². The Balaban J connectivity index is 1.52. The van der Waals surface area contributed by atoms with Crippen LogP contribution < -0.4 is 11.1 Å². The number of rotatable bonds is 5. The molecule has 1 aromatic carbocycles. The number of H-pyrrole nitrogens is 1. The lowest BCUT2D eigenvalue weighted by Gasteiger charge is -2.29. The van der Waals surface area contributed by atoms with Gasteiger partial charge in [0.05, 0.1) is 35.1 Å². The standard InChI is InChI=1S/C21H24N6O3/c22-19-16-10-24-26-18(16)17(11-23-19)25-20(28)21(29)27(12-14-6-2-1-3-7-14)13-15-8-4-5-9-30-15/h1-3,6-7,10-11,15H,4-5,8-9,12-13H2,(H2,22,23)(H,24,26)(H,25,28). The summed E-state index contributed by atoms with van der Waals surface area (Å²) >= 11 is 0. The molecule has 1 unspecified atom stereocenters. The molecule has 4 rings (SSSR count). The maximum absolute atomic E-state index is 13.1. The van der Waals surface area contributed by atoms with E-state index in [1.54, 1.807) is 0 Å². The summed E-state index contributed by atoms with van der Waals surface area (Å²) in [5, 5.41) is 9.94. The number of pyridine rings is 1. The van der Waals surface area contributed by atoms with Gasteiger partial charge in [0.1, 0.15) is 5.82 Å². The summed E-state index contributed by atoms with van der Waals surface area (Å²) in [5.74, 6) is -1.08. The number of aromatic nitrogens is 3. The van der Waals surface area contributed by atoms with Crippen LogP contribution in [-0.2, 0) is 20.9 Å². The normalized spacial score (nSPS) is 16.3. The minimum Gasteiger partial charge on any atom is -0.383 e. The fraction of sp³-hybridized carbons (Fsp3) is 0.333. The van der Waals surface area contributed by atoms with Crippen LogP contribution in [0.2, 0.25) is 0 Å². The zero-order valence-electron chi connectivity index (χ0n) is 16.5. The first-order valence-electron chi connectivity index (χ1n) is 9.95. The van der Waals surface area contributed by atoms with Gasteiger partial charge in [-0.25, -0.2) is 4.98 Å². The van der Waals surface area contributed by atoms with E-state index in [1.807, 2.05) is 30.3 Å².